The summed E-state index contributed by atoms with van der Waals surface area (Å²) in [5, 5.41) is 20.2. The van der Waals surface area contributed by atoms with Crippen molar-refractivity contribution >= 4 is 17.6 Å². The van der Waals surface area contributed by atoms with Crippen molar-refractivity contribution in [2.24, 2.45) is 0 Å². The van der Waals surface area contributed by atoms with Crippen LogP contribution in [0.5, 0.6) is 11.5 Å². The Morgan fingerprint density at radius 3 is 2.60 bits per heavy atom. The molecule has 0 radical (unpaired) electrons. The van der Waals surface area contributed by atoms with Crippen molar-refractivity contribution in [1.82, 2.24) is 4.90 Å². The highest BCUT2D eigenvalue weighted by Gasteiger charge is 2.47. The lowest BCUT2D eigenvalue weighted by molar-refractivity contribution is -0.385. The summed E-state index contributed by atoms with van der Waals surface area (Å²) in [7, 11) is 1.30. The van der Waals surface area contributed by atoms with E-state index in [1.807, 2.05) is 0 Å². The number of methoxy groups -OCH3 is 1. The van der Waals surface area contributed by atoms with Gasteiger partial charge in [-0.1, -0.05) is 0 Å². The molecule has 25 heavy (non-hydrogen) atoms. The van der Waals surface area contributed by atoms with Crippen molar-refractivity contribution in [1.29, 1.82) is 0 Å². The molecule has 1 amide bonds. The molecular formula is C15H17FN2O7. The third-order valence-electron chi connectivity index (χ3n) is 3.90. The molecule has 1 aliphatic rings. The zero-order valence-electron chi connectivity index (χ0n) is 13.7. The minimum atomic E-state index is -2.56. The molecule has 1 aromatic rings. The second kappa shape index (κ2) is 6.91. The maximum absolute atomic E-state index is 14.2. The molecular weight excluding hydrogens is 339 g/mol. The van der Waals surface area contributed by atoms with E-state index in [1.165, 1.54) is 7.11 Å². The predicted octanol–water partition coefficient (Wildman–Crippen LogP) is 1.64. The molecule has 0 aromatic heterocycles. The molecule has 1 atom stereocenters. The van der Waals surface area contributed by atoms with Crippen molar-refractivity contribution in [3.63, 3.8) is 0 Å². The lowest BCUT2D eigenvalue weighted by Crippen LogP contribution is -2.39. The van der Waals surface area contributed by atoms with Crippen molar-refractivity contribution in [3.05, 3.63) is 27.8 Å². The van der Waals surface area contributed by atoms with Crippen LogP contribution in [0, 0.1) is 10.1 Å². The number of carbonyl (C=O) groups excluding carboxylic acids is 1. The number of amides is 1. The van der Waals surface area contributed by atoms with E-state index in [4.69, 9.17) is 14.6 Å². The second-order valence-electron chi connectivity index (χ2n) is 5.46. The van der Waals surface area contributed by atoms with Gasteiger partial charge >= 0.3 is 5.97 Å². The molecule has 1 aliphatic heterocycles. The number of nitrogens with zero attached hydrogens (tertiary/aromatic N) is 2. The fraction of sp³-hybridized carbons (Fsp3) is 0.467. The van der Waals surface area contributed by atoms with Gasteiger partial charge < -0.3 is 19.5 Å². The summed E-state index contributed by atoms with van der Waals surface area (Å²) in [6, 6.07) is 2.20. The molecule has 0 aliphatic carbocycles. The summed E-state index contributed by atoms with van der Waals surface area (Å²) >= 11 is 0. The Labute approximate surface area is 142 Å². The van der Waals surface area contributed by atoms with Gasteiger partial charge in [-0.2, -0.15) is 0 Å². The van der Waals surface area contributed by atoms with Gasteiger partial charge in [0, 0.05) is 19.0 Å². The van der Waals surface area contributed by atoms with Crippen LogP contribution in [0.25, 0.3) is 0 Å². The van der Waals surface area contributed by atoms with Gasteiger partial charge in [0.05, 0.1) is 31.3 Å². The fourth-order valence-corrected chi connectivity index (χ4v) is 2.59. The number of likely N-dealkylation sites (tertiary alicyclic amines) is 1. The van der Waals surface area contributed by atoms with E-state index < -0.39 is 34.7 Å². The molecule has 136 valence electrons. The van der Waals surface area contributed by atoms with E-state index in [-0.39, 0.29) is 36.6 Å². The van der Waals surface area contributed by atoms with Gasteiger partial charge in [-0.05, 0) is 6.92 Å². The Morgan fingerprint density at radius 1 is 1.44 bits per heavy atom. The number of carbonyl (C=O) groups is 2. The molecule has 1 fully saturated rings. The molecule has 10 heteroatoms. The van der Waals surface area contributed by atoms with E-state index in [0.29, 0.717) is 0 Å². The van der Waals surface area contributed by atoms with Crippen molar-refractivity contribution in [2.45, 2.75) is 19.0 Å². The number of rotatable bonds is 6. The quantitative estimate of drug-likeness (QED) is 0.608. The molecule has 1 N–H and O–H groups in total. The highest BCUT2D eigenvalue weighted by atomic mass is 19.1. The van der Waals surface area contributed by atoms with Crippen LogP contribution in [0.15, 0.2) is 12.1 Å². The van der Waals surface area contributed by atoms with Gasteiger partial charge in [-0.25, -0.2) is 9.18 Å². The molecule has 0 bridgehead atoms. The number of benzene rings is 1. The van der Waals surface area contributed by atoms with E-state index in [9.17, 15) is 24.1 Å². The van der Waals surface area contributed by atoms with Gasteiger partial charge in [0.15, 0.2) is 11.5 Å². The van der Waals surface area contributed by atoms with Crippen LogP contribution < -0.4 is 9.47 Å². The number of halogens is 1. The monoisotopic (exact) mass is 356 g/mol. The number of alkyl halides is 1. The van der Waals surface area contributed by atoms with E-state index in [0.717, 1.165) is 17.0 Å². The first-order chi connectivity index (χ1) is 11.7. The molecule has 1 saturated heterocycles. The Morgan fingerprint density at radius 2 is 2.12 bits per heavy atom. The van der Waals surface area contributed by atoms with Crippen LogP contribution in [-0.2, 0) is 4.79 Å². The Bertz CT molecular complexity index is 724. The van der Waals surface area contributed by atoms with Crippen LogP contribution in [0.4, 0.5) is 10.1 Å². The third kappa shape index (κ3) is 3.47. The first-order valence-corrected chi connectivity index (χ1v) is 7.44. The number of ether oxygens (including phenoxy) is 2. The van der Waals surface area contributed by atoms with E-state index >= 15 is 0 Å². The normalized spacial score (nSPS) is 19.6. The molecule has 0 spiro atoms. The fourth-order valence-electron chi connectivity index (χ4n) is 2.59. The average molecular weight is 356 g/mol. The summed E-state index contributed by atoms with van der Waals surface area (Å²) in [4.78, 5) is 35.0. The Kier molecular flexibility index (Phi) is 5.10. The topological polar surface area (TPSA) is 119 Å². The lowest BCUT2D eigenvalue weighted by atomic mass is 10.1. The first-order valence-electron chi connectivity index (χ1n) is 7.44. The number of nitro groups is 1. The zero-order chi connectivity index (χ0) is 18.8. The van der Waals surface area contributed by atoms with Crippen molar-refractivity contribution in [2.75, 3.05) is 26.8 Å². The minimum absolute atomic E-state index is 0.0805. The first kappa shape index (κ1) is 18.4. The molecule has 9 nitrogen and oxygen atoms in total. The van der Waals surface area contributed by atoms with Crippen LogP contribution in [0.3, 0.4) is 0 Å². The lowest BCUT2D eigenvalue weighted by Gasteiger charge is -2.18. The highest BCUT2D eigenvalue weighted by Crippen LogP contribution is 2.36. The van der Waals surface area contributed by atoms with Gasteiger partial charge in [-0.15, -0.1) is 0 Å². The number of aliphatic carboxylic acids is 1. The number of hydrogen-bond acceptors (Lipinski definition) is 6. The summed E-state index contributed by atoms with van der Waals surface area (Å²) in [5.74, 6) is -2.29. The van der Waals surface area contributed by atoms with E-state index in [1.54, 1.807) is 6.92 Å². The average Bonchev–Trinajstić information content (AvgIpc) is 2.97. The molecule has 1 aromatic carbocycles. The SMILES string of the molecule is CCOc1cc(C(=O)N2CCC(F)(C(=O)O)C2)c([N+](=O)[O-])cc1OC. The standard InChI is InChI=1S/C15H17FN2O7/c1-3-25-12-6-9(10(18(22)23)7-11(12)24-2)13(19)17-5-4-15(16,8-17)14(20)21/h6-7H,3-5,8H2,1-2H3,(H,20,21). The van der Waals surface area contributed by atoms with Crippen LogP contribution >= 0.6 is 0 Å². The Hall–Kier alpha value is -2.91. The third-order valence-corrected chi connectivity index (χ3v) is 3.90. The van der Waals surface area contributed by atoms with Crippen LogP contribution in [-0.4, -0.2) is 59.3 Å². The second-order valence-corrected chi connectivity index (χ2v) is 5.46. The molecule has 1 unspecified atom stereocenters. The number of hydrogen-bond donors (Lipinski definition) is 1. The van der Waals surface area contributed by atoms with Gasteiger partial charge in [-0.3, -0.25) is 14.9 Å². The summed E-state index contributed by atoms with van der Waals surface area (Å²) < 4.78 is 24.5. The molecule has 1 heterocycles. The smallest absolute Gasteiger partial charge is 0.343 e. The highest BCUT2D eigenvalue weighted by molar-refractivity contribution is 5.99. The zero-order valence-corrected chi connectivity index (χ0v) is 13.7. The van der Waals surface area contributed by atoms with Gasteiger partial charge in [0.25, 0.3) is 11.6 Å². The maximum Gasteiger partial charge on any atom is 0.343 e. The summed E-state index contributed by atoms with van der Waals surface area (Å²) in [6.45, 7) is 1.09. The van der Waals surface area contributed by atoms with Crippen LogP contribution in [0.2, 0.25) is 0 Å². The molecule has 2 rings (SSSR count). The van der Waals surface area contributed by atoms with Gasteiger partial charge in [0.1, 0.15) is 5.56 Å². The summed E-state index contributed by atoms with van der Waals surface area (Å²) in [6.07, 6.45) is -0.379. The maximum atomic E-state index is 14.2. The van der Waals surface area contributed by atoms with E-state index in [2.05, 4.69) is 0 Å². The predicted molar refractivity (Wildman–Crippen MR) is 82.8 cm³/mol. The number of nitro benzene ring substituents is 1. The largest absolute Gasteiger partial charge is 0.493 e. The number of carboxylic acids is 1. The molecule has 0 saturated carbocycles. The van der Waals surface area contributed by atoms with Crippen molar-refractivity contribution < 1.29 is 33.5 Å². The Balaban J connectivity index is 2.43. The minimum Gasteiger partial charge on any atom is -0.493 e. The summed E-state index contributed by atoms with van der Waals surface area (Å²) in [5.41, 5.74) is -3.40. The van der Waals surface area contributed by atoms with Gasteiger partial charge in [0.2, 0.25) is 5.67 Å². The number of carboxylic acid groups (broad SMARTS) is 1. The van der Waals surface area contributed by atoms with Crippen LogP contribution in [0.1, 0.15) is 23.7 Å². The van der Waals surface area contributed by atoms with Crippen molar-refractivity contribution in [3.8, 4) is 11.5 Å².